The lowest BCUT2D eigenvalue weighted by molar-refractivity contribution is -0.125. The lowest BCUT2D eigenvalue weighted by Crippen LogP contribution is -2.25. The Labute approximate surface area is 121 Å². The van der Waals surface area contributed by atoms with Gasteiger partial charge in [-0.15, -0.1) is 0 Å². The molecule has 1 rings (SSSR count). The van der Waals surface area contributed by atoms with Crippen molar-refractivity contribution >= 4 is 5.91 Å². The Hall–Kier alpha value is -0.790. The van der Waals surface area contributed by atoms with Gasteiger partial charge >= 0.3 is 0 Å². The number of unbranched alkanes of at least 4 members (excludes halogenated alkanes) is 2. The Morgan fingerprint density at radius 1 is 0.947 bits per heavy atom. The molecule has 0 spiro atoms. The van der Waals surface area contributed by atoms with Gasteiger partial charge in [0.25, 0.3) is 0 Å². The minimum Gasteiger partial charge on any atom is -0.339 e. The Balaban J connectivity index is 0. The highest BCUT2D eigenvalue weighted by atomic mass is 16.2. The van der Waals surface area contributed by atoms with Gasteiger partial charge in [0.15, 0.2) is 0 Å². The van der Waals surface area contributed by atoms with E-state index in [0.717, 1.165) is 25.9 Å². The first-order chi connectivity index (χ1) is 9.17. The number of amides is 1. The molecule has 1 heterocycles. The van der Waals surface area contributed by atoms with Crippen molar-refractivity contribution in [3.8, 4) is 0 Å². The fourth-order valence-electron chi connectivity index (χ4n) is 1.39. The van der Waals surface area contributed by atoms with Gasteiger partial charge in [-0.1, -0.05) is 66.4 Å². The molecule has 114 valence electrons. The van der Waals surface area contributed by atoms with E-state index in [9.17, 15) is 4.79 Å². The highest BCUT2D eigenvalue weighted by molar-refractivity contribution is 5.87. The molecule has 0 aromatic heterocycles. The van der Waals surface area contributed by atoms with Crippen molar-refractivity contribution in [2.75, 3.05) is 13.1 Å². The van der Waals surface area contributed by atoms with Crippen LogP contribution in [0.1, 0.15) is 79.6 Å². The zero-order valence-electron chi connectivity index (χ0n) is 13.9. The van der Waals surface area contributed by atoms with Gasteiger partial charge in [0, 0.05) is 13.1 Å². The first-order valence-electron chi connectivity index (χ1n) is 8.13. The quantitative estimate of drug-likeness (QED) is 0.643. The highest BCUT2D eigenvalue weighted by Crippen LogP contribution is 2.07. The molecule has 0 N–H and O–H groups in total. The number of carbonyl (C=O) groups excluding carboxylic acids is 1. The van der Waals surface area contributed by atoms with Crippen molar-refractivity contribution in [1.82, 2.24) is 4.90 Å². The van der Waals surface area contributed by atoms with Gasteiger partial charge in [0.1, 0.15) is 0 Å². The molecule has 2 nitrogen and oxygen atoms in total. The molecule has 0 aliphatic carbocycles. The minimum absolute atomic E-state index is 0.195. The molecule has 0 saturated carbocycles. The summed E-state index contributed by atoms with van der Waals surface area (Å²) in [6.45, 7) is 12.6. The van der Waals surface area contributed by atoms with Crippen LogP contribution in [0.15, 0.2) is 12.2 Å². The molecule has 1 aliphatic heterocycles. The van der Waals surface area contributed by atoms with E-state index < -0.39 is 0 Å². The Kier molecular flexibility index (Phi) is 18.6. The van der Waals surface area contributed by atoms with Crippen LogP contribution in [0.4, 0.5) is 0 Å². The number of nitrogens with zero attached hydrogens (tertiary/aromatic N) is 1. The average Bonchev–Trinajstić information content (AvgIpc) is 2.94. The molecule has 0 atom stereocenters. The normalized spacial score (nSPS) is 13.6. The molecule has 1 saturated heterocycles. The lowest BCUT2D eigenvalue weighted by atomic mass is 10.3. The van der Waals surface area contributed by atoms with Crippen molar-refractivity contribution < 1.29 is 4.79 Å². The predicted molar refractivity (Wildman–Crippen MR) is 86.4 cm³/mol. The van der Waals surface area contributed by atoms with Crippen molar-refractivity contribution in [1.29, 1.82) is 0 Å². The van der Waals surface area contributed by atoms with Crippen molar-refractivity contribution in [3.63, 3.8) is 0 Å². The van der Waals surface area contributed by atoms with Gasteiger partial charge in [-0.05, 0) is 25.3 Å². The van der Waals surface area contributed by atoms with E-state index in [0.29, 0.717) is 0 Å². The topological polar surface area (TPSA) is 20.3 Å². The second-order valence-electron chi connectivity index (χ2n) is 4.93. The third-order valence-electron chi connectivity index (χ3n) is 2.63. The van der Waals surface area contributed by atoms with Crippen molar-refractivity contribution in [3.05, 3.63) is 12.2 Å². The van der Waals surface area contributed by atoms with E-state index >= 15 is 0 Å². The van der Waals surface area contributed by atoms with Gasteiger partial charge < -0.3 is 4.90 Å². The van der Waals surface area contributed by atoms with Crippen molar-refractivity contribution in [2.24, 2.45) is 0 Å². The number of likely N-dealkylation sites (tertiary alicyclic amines) is 1. The largest absolute Gasteiger partial charge is 0.339 e. The van der Waals surface area contributed by atoms with Crippen LogP contribution in [0.3, 0.4) is 0 Å². The summed E-state index contributed by atoms with van der Waals surface area (Å²) in [6.07, 6.45) is 12.1. The predicted octanol–water partition coefficient (Wildman–Crippen LogP) is 5.19. The third-order valence-corrected chi connectivity index (χ3v) is 2.63. The Morgan fingerprint density at radius 2 is 1.42 bits per heavy atom. The zero-order valence-corrected chi connectivity index (χ0v) is 13.9. The maximum atomic E-state index is 11.4. The van der Waals surface area contributed by atoms with Gasteiger partial charge in [-0.25, -0.2) is 0 Å². The molecule has 2 heteroatoms. The molecule has 19 heavy (non-hydrogen) atoms. The minimum atomic E-state index is 0.195. The Bertz CT molecular complexity index is 203. The van der Waals surface area contributed by atoms with Crippen LogP contribution in [0.2, 0.25) is 0 Å². The monoisotopic (exact) mass is 269 g/mol. The fourth-order valence-corrected chi connectivity index (χ4v) is 1.39. The van der Waals surface area contributed by atoms with Gasteiger partial charge in [0.05, 0.1) is 0 Å². The van der Waals surface area contributed by atoms with Gasteiger partial charge in [-0.3, -0.25) is 4.79 Å². The average molecular weight is 269 g/mol. The third kappa shape index (κ3) is 15.2. The second kappa shape index (κ2) is 17.2. The number of hydrogen-bond acceptors (Lipinski definition) is 1. The summed E-state index contributed by atoms with van der Waals surface area (Å²) in [5.74, 6) is 0.195. The number of allylic oxidation sites excluding steroid dienone is 1. The molecule has 1 fully saturated rings. The maximum absolute atomic E-state index is 11.4. The molecule has 1 aliphatic rings. The molecule has 0 aromatic rings. The second-order valence-corrected chi connectivity index (χ2v) is 4.93. The van der Waals surface area contributed by atoms with E-state index in [4.69, 9.17) is 0 Å². The molecule has 0 aromatic carbocycles. The van der Waals surface area contributed by atoms with Crippen molar-refractivity contribution in [2.45, 2.75) is 79.6 Å². The van der Waals surface area contributed by atoms with Crippen LogP contribution >= 0.6 is 0 Å². The van der Waals surface area contributed by atoms with Gasteiger partial charge in [-0.2, -0.15) is 0 Å². The summed E-state index contributed by atoms with van der Waals surface area (Å²) in [7, 11) is 0. The summed E-state index contributed by atoms with van der Waals surface area (Å²) < 4.78 is 0. The van der Waals surface area contributed by atoms with Crippen LogP contribution < -0.4 is 0 Å². The first-order valence-corrected chi connectivity index (χ1v) is 8.13. The van der Waals surface area contributed by atoms with E-state index in [1.165, 1.54) is 32.1 Å². The van der Waals surface area contributed by atoms with Crippen LogP contribution in [0, 0.1) is 0 Å². The van der Waals surface area contributed by atoms with Gasteiger partial charge in [0.2, 0.25) is 5.91 Å². The number of hydrogen-bond donors (Lipinski definition) is 0. The molecular weight excluding hydrogens is 234 g/mol. The summed E-state index contributed by atoms with van der Waals surface area (Å²) in [6, 6.07) is 0. The molecule has 0 bridgehead atoms. The van der Waals surface area contributed by atoms with Crippen LogP contribution in [0.5, 0.6) is 0 Å². The van der Waals surface area contributed by atoms with Crippen LogP contribution in [-0.2, 0) is 4.79 Å². The summed E-state index contributed by atoms with van der Waals surface area (Å²) in [5.41, 5.74) is 0. The fraction of sp³-hybridized carbons (Fsp3) is 0.824. The molecular formula is C17H35NO. The maximum Gasteiger partial charge on any atom is 0.246 e. The smallest absolute Gasteiger partial charge is 0.246 e. The van der Waals surface area contributed by atoms with E-state index in [2.05, 4.69) is 34.6 Å². The summed E-state index contributed by atoms with van der Waals surface area (Å²) in [5, 5.41) is 0. The lowest BCUT2D eigenvalue weighted by Gasteiger charge is -2.11. The molecule has 1 amide bonds. The number of rotatable bonds is 4. The highest BCUT2D eigenvalue weighted by Gasteiger charge is 2.14. The van der Waals surface area contributed by atoms with E-state index in [1.807, 2.05) is 11.0 Å². The standard InChI is InChI=1S/C10H17NO.C4H10.C3H8/c1-2-3-4-7-10(12)11-8-5-6-9-11;1-3-4-2;1-3-2/h4,7H,2-3,5-6,8-9H2,1H3;3-4H2,1-2H3;3H2,1-2H3/b7-4+;;. The van der Waals surface area contributed by atoms with E-state index in [-0.39, 0.29) is 5.91 Å². The summed E-state index contributed by atoms with van der Waals surface area (Å²) in [4.78, 5) is 13.3. The number of carbonyl (C=O) groups is 1. The van der Waals surface area contributed by atoms with E-state index in [1.54, 1.807) is 6.08 Å². The van der Waals surface area contributed by atoms with Crippen LogP contribution in [-0.4, -0.2) is 23.9 Å². The summed E-state index contributed by atoms with van der Waals surface area (Å²) >= 11 is 0. The SMILES string of the molecule is CCC.CCC/C=C/C(=O)N1CCCC1.CCCC. The molecule has 0 radical (unpaired) electrons. The first kappa shape index (κ1) is 20.5. The molecule has 0 unspecified atom stereocenters. The Morgan fingerprint density at radius 3 is 1.79 bits per heavy atom. The zero-order chi connectivity index (χ0) is 14.9. The van der Waals surface area contributed by atoms with Crippen LogP contribution in [0.25, 0.3) is 0 Å².